The molecule has 0 aliphatic carbocycles. The average molecular weight is 217 g/mol. The zero-order chi connectivity index (χ0) is 10.7. The lowest BCUT2D eigenvalue weighted by Crippen LogP contribution is -1.79. The molecule has 0 aliphatic heterocycles. The van der Waals surface area contributed by atoms with Gasteiger partial charge in [-0.3, -0.25) is 4.79 Å². The van der Waals surface area contributed by atoms with Crippen LogP contribution in [0, 0.1) is 0 Å². The van der Waals surface area contributed by atoms with Crippen LogP contribution in [0.1, 0.15) is 5.56 Å². The normalized spacial score (nSPS) is 11.7. The van der Waals surface area contributed by atoms with Crippen molar-refractivity contribution < 1.29 is 4.79 Å². The molecule has 0 spiro atoms. The Morgan fingerprint density at radius 2 is 1.80 bits per heavy atom. The van der Waals surface area contributed by atoms with Crippen LogP contribution in [-0.2, 0) is 4.79 Å². The van der Waals surface area contributed by atoms with Crippen molar-refractivity contribution in [2.45, 2.75) is 0 Å². The van der Waals surface area contributed by atoms with Gasteiger partial charge in [-0.2, -0.15) is 0 Å². The molecule has 0 saturated heterocycles. The molecule has 0 bridgehead atoms. The molecule has 0 aliphatic rings. The number of hydrogen-bond acceptors (Lipinski definition) is 1. The summed E-state index contributed by atoms with van der Waals surface area (Å²) in [5, 5.41) is 2.45. The van der Waals surface area contributed by atoms with Crippen LogP contribution in [0.25, 0.3) is 16.8 Å². The van der Waals surface area contributed by atoms with Crippen LogP contribution >= 0.6 is 11.6 Å². The Kier molecular flexibility index (Phi) is 2.84. The summed E-state index contributed by atoms with van der Waals surface area (Å²) in [5.74, 6) is 0. The number of halogens is 1. The maximum Gasteiger partial charge on any atom is 0.161 e. The van der Waals surface area contributed by atoms with Gasteiger partial charge in [0.25, 0.3) is 0 Å². The van der Waals surface area contributed by atoms with Gasteiger partial charge in [-0.25, -0.2) is 0 Å². The van der Waals surface area contributed by atoms with Crippen LogP contribution in [0.5, 0.6) is 0 Å². The maximum atomic E-state index is 10.4. The molecule has 0 heterocycles. The molecule has 0 amide bonds. The lowest BCUT2D eigenvalue weighted by molar-refractivity contribution is -0.104. The van der Waals surface area contributed by atoms with E-state index in [0.717, 1.165) is 16.3 Å². The first-order valence-electron chi connectivity index (χ1n) is 4.61. The summed E-state index contributed by atoms with van der Waals surface area (Å²) in [4.78, 5) is 10.4. The molecule has 15 heavy (non-hydrogen) atoms. The van der Waals surface area contributed by atoms with Gasteiger partial charge in [-0.15, -0.1) is 0 Å². The van der Waals surface area contributed by atoms with Gasteiger partial charge in [0.2, 0.25) is 0 Å². The van der Waals surface area contributed by atoms with Gasteiger partial charge in [0.15, 0.2) is 6.29 Å². The number of aldehydes is 1. The fraction of sp³-hybridized carbons (Fsp3) is 0. The highest BCUT2D eigenvalue weighted by molar-refractivity contribution is 6.40. The van der Waals surface area contributed by atoms with Crippen molar-refractivity contribution in [2.24, 2.45) is 0 Å². The fourth-order valence-electron chi connectivity index (χ4n) is 1.56. The molecule has 74 valence electrons. The number of allylic oxidation sites excluding steroid dienone is 1. The van der Waals surface area contributed by atoms with Gasteiger partial charge in [0.1, 0.15) is 0 Å². The minimum atomic E-state index is 0.214. The Morgan fingerprint density at radius 1 is 1.07 bits per heavy atom. The van der Waals surface area contributed by atoms with E-state index in [9.17, 15) is 4.79 Å². The number of carbonyl (C=O) groups excluding carboxylic acids is 1. The van der Waals surface area contributed by atoms with Crippen molar-refractivity contribution in [1.82, 2.24) is 0 Å². The fourth-order valence-corrected chi connectivity index (χ4v) is 1.68. The standard InChI is InChI=1S/C13H9ClO/c14-12(9-15)8-11-6-3-5-10-4-1-2-7-13(10)11/h1-9H. The monoisotopic (exact) mass is 216 g/mol. The van der Waals surface area contributed by atoms with Crippen molar-refractivity contribution in [1.29, 1.82) is 0 Å². The Labute approximate surface area is 93.0 Å². The van der Waals surface area contributed by atoms with Crippen LogP contribution in [0.2, 0.25) is 0 Å². The summed E-state index contributed by atoms with van der Waals surface area (Å²) in [6, 6.07) is 13.9. The second-order valence-corrected chi connectivity index (χ2v) is 3.65. The van der Waals surface area contributed by atoms with E-state index in [-0.39, 0.29) is 5.03 Å². The number of benzene rings is 2. The van der Waals surface area contributed by atoms with Crippen LogP contribution in [-0.4, -0.2) is 6.29 Å². The Balaban J connectivity index is 2.66. The summed E-state index contributed by atoms with van der Waals surface area (Å²) in [7, 11) is 0. The minimum absolute atomic E-state index is 0.214. The number of fused-ring (bicyclic) bond motifs is 1. The second-order valence-electron chi connectivity index (χ2n) is 3.22. The molecular formula is C13H9ClO. The molecule has 0 atom stereocenters. The molecule has 2 heteroatoms. The number of hydrogen-bond donors (Lipinski definition) is 0. The lowest BCUT2D eigenvalue weighted by atomic mass is 10.0. The summed E-state index contributed by atoms with van der Waals surface area (Å²) in [6.07, 6.45) is 2.32. The summed E-state index contributed by atoms with van der Waals surface area (Å²) in [5.41, 5.74) is 0.963. The lowest BCUT2D eigenvalue weighted by Gasteiger charge is -2.01. The maximum absolute atomic E-state index is 10.4. The van der Waals surface area contributed by atoms with Gasteiger partial charge in [-0.1, -0.05) is 54.1 Å². The van der Waals surface area contributed by atoms with E-state index in [0.29, 0.717) is 6.29 Å². The molecule has 0 radical (unpaired) electrons. The van der Waals surface area contributed by atoms with Gasteiger partial charge in [0.05, 0.1) is 5.03 Å². The van der Waals surface area contributed by atoms with E-state index in [4.69, 9.17) is 11.6 Å². The van der Waals surface area contributed by atoms with Gasteiger partial charge >= 0.3 is 0 Å². The highest BCUT2D eigenvalue weighted by Gasteiger charge is 1.98. The quantitative estimate of drug-likeness (QED) is 0.554. The summed E-state index contributed by atoms with van der Waals surface area (Å²) in [6.45, 7) is 0. The largest absolute Gasteiger partial charge is 0.297 e. The zero-order valence-electron chi connectivity index (χ0n) is 7.98. The molecule has 2 rings (SSSR count). The van der Waals surface area contributed by atoms with Gasteiger partial charge in [-0.05, 0) is 22.4 Å². The van der Waals surface area contributed by atoms with Gasteiger partial charge < -0.3 is 0 Å². The molecule has 0 aromatic heterocycles. The Bertz CT molecular complexity index is 524. The van der Waals surface area contributed by atoms with E-state index < -0.39 is 0 Å². The van der Waals surface area contributed by atoms with E-state index >= 15 is 0 Å². The molecule has 1 nitrogen and oxygen atoms in total. The first-order chi connectivity index (χ1) is 7.31. The molecule has 0 saturated carbocycles. The Morgan fingerprint density at radius 3 is 2.60 bits per heavy atom. The zero-order valence-corrected chi connectivity index (χ0v) is 8.74. The topological polar surface area (TPSA) is 17.1 Å². The van der Waals surface area contributed by atoms with Gasteiger partial charge in [0, 0.05) is 0 Å². The molecule has 2 aromatic rings. The van der Waals surface area contributed by atoms with E-state index in [1.165, 1.54) is 0 Å². The third-order valence-electron chi connectivity index (χ3n) is 2.23. The van der Waals surface area contributed by atoms with E-state index in [1.807, 2.05) is 42.5 Å². The molecule has 0 unspecified atom stereocenters. The number of carbonyl (C=O) groups is 1. The highest BCUT2D eigenvalue weighted by atomic mass is 35.5. The SMILES string of the molecule is O=CC(Cl)=Cc1cccc2ccccc12. The number of rotatable bonds is 2. The van der Waals surface area contributed by atoms with Crippen LogP contribution < -0.4 is 0 Å². The summed E-state index contributed by atoms with van der Waals surface area (Å²) >= 11 is 5.69. The van der Waals surface area contributed by atoms with Crippen molar-refractivity contribution in [3.05, 3.63) is 53.1 Å². The third-order valence-corrected chi connectivity index (χ3v) is 2.43. The van der Waals surface area contributed by atoms with Crippen molar-refractivity contribution in [3.63, 3.8) is 0 Å². The second kappa shape index (κ2) is 4.28. The van der Waals surface area contributed by atoms with Crippen LogP contribution in [0.4, 0.5) is 0 Å². The predicted molar refractivity (Wildman–Crippen MR) is 63.8 cm³/mol. The first-order valence-corrected chi connectivity index (χ1v) is 4.99. The summed E-state index contributed by atoms with van der Waals surface area (Å²) < 4.78 is 0. The van der Waals surface area contributed by atoms with Crippen molar-refractivity contribution >= 4 is 34.7 Å². The molecule has 2 aromatic carbocycles. The predicted octanol–water partition coefficient (Wildman–Crippen LogP) is 3.62. The van der Waals surface area contributed by atoms with Crippen molar-refractivity contribution in [3.8, 4) is 0 Å². The van der Waals surface area contributed by atoms with E-state index in [1.54, 1.807) is 6.08 Å². The van der Waals surface area contributed by atoms with Crippen LogP contribution in [0.15, 0.2) is 47.5 Å². The van der Waals surface area contributed by atoms with Crippen molar-refractivity contribution in [2.75, 3.05) is 0 Å². The molecular weight excluding hydrogens is 208 g/mol. The van der Waals surface area contributed by atoms with E-state index in [2.05, 4.69) is 0 Å². The highest BCUT2D eigenvalue weighted by Crippen LogP contribution is 2.21. The smallest absolute Gasteiger partial charge is 0.161 e. The third kappa shape index (κ3) is 2.08. The Hall–Kier alpha value is -1.60. The first kappa shape index (κ1) is 9.94. The molecule has 0 N–H and O–H groups in total. The minimum Gasteiger partial charge on any atom is -0.297 e. The molecule has 0 fully saturated rings. The average Bonchev–Trinajstić information content (AvgIpc) is 2.29. The van der Waals surface area contributed by atoms with Crippen LogP contribution in [0.3, 0.4) is 0 Å².